The molecule has 2 aromatic carbocycles. The summed E-state index contributed by atoms with van der Waals surface area (Å²) in [6.07, 6.45) is 0.410. The van der Waals surface area contributed by atoms with Gasteiger partial charge in [0, 0.05) is 20.8 Å². The summed E-state index contributed by atoms with van der Waals surface area (Å²) in [6.45, 7) is -1.76. The zero-order valence-corrected chi connectivity index (χ0v) is 15.1. The largest absolute Gasteiger partial charge is 0.484 e. The lowest BCUT2D eigenvalue weighted by Gasteiger charge is -2.19. The summed E-state index contributed by atoms with van der Waals surface area (Å²) in [5, 5.41) is 21.5. The summed E-state index contributed by atoms with van der Waals surface area (Å²) in [5.41, 5.74) is 0. The molecule has 0 spiro atoms. The van der Waals surface area contributed by atoms with Gasteiger partial charge in [0.1, 0.15) is 11.9 Å². The molecular weight excluding hydrogens is 366 g/mol. The SMILES string of the molecule is O=C(O)C(=O)O.[2H]C([2H])([2H])NCCC(Oc1cccc2ccccc12)c1cccs1. The van der Waals surface area contributed by atoms with E-state index in [2.05, 4.69) is 17.4 Å². The monoisotopic (exact) mass is 390 g/mol. The molecule has 1 heterocycles. The van der Waals surface area contributed by atoms with E-state index in [0.717, 1.165) is 21.4 Å². The van der Waals surface area contributed by atoms with Crippen molar-refractivity contribution in [1.29, 1.82) is 0 Å². The molecule has 0 aliphatic rings. The van der Waals surface area contributed by atoms with Crippen LogP contribution in [0.4, 0.5) is 0 Å². The zero-order chi connectivity index (χ0) is 22.1. The second kappa shape index (κ2) is 10.3. The maximum Gasteiger partial charge on any atom is 0.414 e. The number of benzene rings is 2. The van der Waals surface area contributed by atoms with Crippen LogP contribution in [0.1, 0.15) is 21.5 Å². The first-order chi connectivity index (χ1) is 14.2. The van der Waals surface area contributed by atoms with Crippen molar-refractivity contribution >= 4 is 34.0 Å². The third-order valence-corrected chi connectivity index (χ3v) is 4.56. The topological polar surface area (TPSA) is 95.9 Å². The molecule has 0 fully saturated rings. The number of thiophene rings is 1. The second-order valence-corrected chi connectivity index (χ2v) is 6.40. The van der Waals surface area contributed by atoms with E-state index in [1.807, 2.05) is 47.8 Å². The second-order valence-electron chi connectivity index (χ2n) is 5.42. The first-order valence-electron chi connectivity index (χ1n) is 9.56. The number of ether oxygens (including phenoxy) is 1. The highest BCUT2D eigenvalue weighted by atomic mass is 32.1. The number of carbonyl (C=O) groups is 2. The molecule has 142 valence electrons. The van der Waals surface area contributed by atoms with Gasteiger partial charge < -0.3 is 20.3 Å². The summed E-state index contributed by atoms with van der Waals surface area (Å²) in [5.74, 6) is -2.83. The fourth-order valence-corrected chi connectivity index (χ4v) is 3.18. The number of rotatable bonds is 6. The number of nitrogens with one attached hydrogen (secondary N) is 1. The van der Waals surface area contributed by atoms with E-state index in [1.54, 1.807) is 11.3 Å². The maximum absolute atomic E-state index is 9.10. The molecule has 0 saturated carbocycles. The van der Waals surface area contributed by atoms with Crippen molar-refractivity contribution in [3.05, 3.63) is 64.9 Å². The van der Waals surface area contributed by atoms with Crippen molar-refractivity contribution in [3.8, 4) is 5.75 Å². The van der Waals surface area contributed by atoms with Crippen LogP contribution < -0.4 is 10.1 Å². The van der Waals surface area contributed by atoms with Crippen molar-refractivity contribution in [2.45, 2.75) is 12.5 Å². The first kappa shape index (κ1) is 16.3. The summed E-state index contributed by atoms with van der Waals surface area (Å²) in [7, 11) is 0. The van der Waals surface area contributed by atoms with Gasteiger partial charge in [0.05, 0.1) is 0 Å². The van der Waals surface area contributed by atoms with E-state index < -0.39 is 18.9 Å². The summed E-state index contributed by atoms with van der Waals surface area (Å²) >= 11 is 1.62. The minimum atomic E-state index is -2.13. The van der Waals surface area contributed by atoms with E-state index in [-0.39, 0.29) is 6.10 Å². The number of hydrogen-bond acceptors (Lipinski definition) is 5. The van der Waals surface area contributed by atoms with Gasteiger partial charge in [-0.05, 0) is 36.4 Å². The first-order valence-corrected chi connectivity index (χ1v) is 8.94. The predicted octanol–water partition coefficient (Wildman–Crippen LogP) is 3.79. The molecule has 1 unspecified atom stereocenters. The van der Waals surface area contributed by atoms with Crippen molar-refractivity contribution in [3.63, 3.8) is 0 Å². The van der Waals surface area contributed by atoms with Crippen molar-refractivity contribution in [2.24, 2.45) is 0 Å². The van der Waals surface area contributed by atoms with Crippen LogP contribution in [0.3, 0.4) is 0 Å². The van der Waals surface area contributed by atoms with Gasteiger partial charge in [-0.3, -0.25) is 0 Å². The van der Waals surface area contributed by atoms with Crippen LogP contribution in [0, 0.1) is 0 Å². The maximum atomic E-state index is 9.10. The molecular formula is C20H21NO5S. The molecule has 0 saturated heterocycles. The van der Waals surface area contributed by atoms with Gasteiger partial charge in [-0.1, -0.05) is 42.5 Å². The Morgan fingerprint density at radius 2 is 1.85 bits per heavy atom. The summed E-state index contributed by atoms with van der Waals surface area (Å²) in [4.78, 5) is 19.3. The number of fused-ring (bicyclic) bond motifs is 1. The Labute approximate surface area is 165 Å². The van der Waals surface area contributed by atoms with Crippen molar-refractivity contribution < 1.29 is 28.7 Å². The Morgan fingerprint density at radius 1 is 1.11 bits per heavy atom. The lowest BCUT2D eigenvalue weighted by atomic mass is 10.1. The Kier molecular flexibility index (Phi) is 6.21. The van der Waals surface area contributed by atoms with Gasteiger partial charge in [0.25, 0.3) is 0 Å². The standard InChI is InChI=1S/C18H19NOS.C2H2O4/c1-19-12-11-17(18-10-5-13-21-18)20-16-9-4-7-14-6-2-3-8-15(14)16;3-1(4)2(5)6/h2-10,13,17,19H,11-12H2,1H3;(H,3,4)(H,5,6)/i1D3;. The minimum Gasteiger partial charge on any atom is -0.484 e. The van der Waals surface area contributed by atoms with Crippen molar-refractivity contribution in [1.82, 2.24) is 5.32 Å². The molecule has 0 aliphatic carbocycles. The molecule has 0 aliphatic heterocycles. The molecule has 0 amide bonds. The Morgan fingerprint density at radius 3 is 2.52 bits per heavy atom. The van der Waals surface area contributed by atoms with E-state index in [9.17, 15) is 0 Å². The molecule has 27 heavy (non-hydrogen) atoms. The van der Waals surface area contributed by atoms with E-state index in [4.69, 9.17) is 28.7 Å². The molecule has 1 atom stereocenters. The van der Waals surface area contributed by atoms with E-state index >= 15 is 0 Å². The third kappa shape index (κ3) is 6.09. The van der Waals surface area contributed by atoms with Crippen LogP contribution in [0.2, 0.25) is 0 Å². The molecule has 0 radical (unpaired) electrons. The molecule has 0 bridgehead atoms. The highest BCUT2D eigenvalue weighted by Crippen LogP contribution is 2.32. The van der Waals surface area contributed by atoms with Crippen molar-refractivity contribution in [2.75, 3.05) is 13.5 Å². The predicted molar refractivity (Wildman–Crippen MR) is 105 cm³/mol. The molecule has 7 heteroatoms. The molecule has 3 N–H and O–H groups in total. The van der Waals surface area contributed by atoms with Gasteiger partial charge in [0.2, 0.25) is 0 Å². The Balaban J connectivity index is 0.000000469. The molecule has 3 rings (SSSR count). The average Bonchev–Trinajstić information content (AvgIpc) is 3.21. The van der Waals surface area contributed by atoms with Gasteiger partial charge in [-0.25, -0.2) is 9.59 Å². The van der Waals surface area contributed by atoms with Crippen LogP contribution in [-0.4, -0.2) is 35.7 Å². The Hall–Kier alpha value is -2.90. The van der Waals surface area contributed by atoms with Gasteiger partial charge in [0.15, 0.2) is 0 Å². The summed E-state index contributed by atoms with van der Waals surface area (Å²) in [6, 6.07) is 18.1. The highest BCUT2D eigenvalue weighted by Gasteiger charge is 2.15. The third-order valence-electron chi connectivity index (χ3n) is 3.59. The molecule has 6 nitrogen and oxygen atoms in total. The van der Waals surface area contributed by atoms with E-state index in [0.29, 0.717) is 13.0 Å². The van der Waals surface area contributed by atoms with Gasteiger partial charge in [-0.15, -0.1) is 11.3 Å². The normalized spacial score (nSPS) is 13.4. The number of carboxylic acid groups (broad SMARTS) is 2. The fraction of sp³-hybridized carbons (Fsp3) is 0.200. The number of carboxylic acids is 2. The molecule has 1 aromatic heterocycles. The number of hydrogen-bond donors (Lipinski definition) is 3. The van der Waals surface area contributed by atoms with Crippen LogP contribution in [0.25, 0.3) is 10.8 Å². The zero-order valence-electron chi connectivity index (χ0n) is 17.3. The summed E-state index contributed by atoms with van der Waals surface area (Å²) < 4.78 is 28.1. The van der Waals surface area contributed by atoms with Crippen LogP contribution in [-0.2, 0) is 9.59 Å². The Bertz CT molecular complexity index is 959. The quantitative estimate of drug-likeness (QED) is 0.554. The minimum absolute atomic E-state index is 0.175. The average molecular weight is 390 g/mol. The number of aliphatic carboxylic acids is 2. The highest BCUT2D eigenvalue weighted by molar-refractivity contribution is 7.10. The van der Waals surface area contributed by atoms with Crippen LogP contribution in [0.15, 0.2) is 60.0 Å². The van der Waals surface area contributed by atoms with E-state index in [1.165, 1.54) is 0 Å². The smallest absolute Gasteiger partial charge is 0.414 e. The van der Waals surface area contributed by atoms with Gasteiger partial charge >= 0.3 is 11.9 Å². The lowest BCUT2D eigenvalue weighted by molar-refractivity contribution is -0.159. The van der Waals surface area contributed by atoms with Gasteiger partial charge in [-0.2, -0.15) is 0 Å². The fourth-order valence-electron chi connectivity index (χ4n) is 2.39. The van der Waals surface area contributed by atoms with Crippen LogP contribution in [0.5, 0.6) is 5.75 Å². The molecule has 3 aromatic rings. The lowest BCUT2D eigenvalue weighted by Crippen LogP contribution is -2.15. The van der Waals surface area contributed by atoms with Crippen LogP contribution >= 0.6 is 11.3 Å².